The number of carbonyl (C=O) groups excluding carboxylic acids is 1. The first-order valence-electron chi connectivity index (χ1n) is 3.64. The molecular formula is C8H9NO2. The molecule has 3 heteroatoms. The SMILES string of the molecule is C[C@H]1CC(=O)Nc2ccoc21. The minimum absolute atomic E-state index is 0.0754. The zero-order valence-electron chi connectivity index (χ0n) is 6.26. The highest BCUT2D eigenvalue weighted by Gasteiger charge is 2.23. The molecule has 0 aromatic carbocycles. The van der Waals surface area contributed by atoms with Crippen molar-refractivity contribution < 1.29 is 9.21 Å². The summed E-state index contributed by atoms with van der Waals surface area (Å²) in [6.07, 6.45) is 2.13. The van der Waals surface area contributed by atoms with Crippen LogP contribution in [0.4, 0.5) is 5.69 Å². The minimum Gasteiger partial charge on any atom is -0.467 e. The number of nitrogens with one attached hydrogen (secondary N) is 1. The summed E-state index contributed by atoms with van der Waals surface area (Å²) in [5.74, 6) is 1.18. The normalized spacial score (nSPS) is 22.6. The lowest BCUT2D eigenvalue weighted by Crippen LogP contribution is -2.19. The molecule has 1 N–H and O–H groups in total. The van der Waals surface area contributed by atoms with Gasteiger partial charge in [-0.05, 0) is 0 Å². The van der Waals surface area contributed by atoms with Crippen LogP contribution in [0.3, 0.4) is 0 Å². The molecule has 0 bridgehead atoms. The Kier molecular flexibility index (Phi) is 1.24. The third kappa shape index (κ3) is 0.926. The number of rotatable bonds is 0. The maximum atomic E-state index is 11.0. The Hall–Kier alpha value is -1.25. The molecule has 1 aromatic heterocycles. The summed E-state index contributed by atoms with van der Waals surface area (Å²) >= 11 is 0. The summed E-state index contributed by atoms with van der Waals surface area (Å²) in [5.41, 5.74) is 0.828. The Bertz CT molecular complexity index is 290. The number of fused-ring (bicyclic) bond motifs is 1. The van der Waals surface area contributed by atoms with E-state index in [0.717, 1.165) is 11.4 Å². The van der Waals surface area contributed by atoms with Crippen LogP contribution in [0.2, 0.25) is 0 Å². The first-order chi connectivity index (χ1) is 5.27. The van der Waals surface area contributed by atoms with Gasteiger partial charge in [-0.15, -0.1) is 0 Å². The molecule has 0 fully saturated rings. The molecule has 58 valence electrons. The van der Waals surface area contributed by atoms with E-state index in [1.165, 1.54) is 0 Å². The standard InChI is InChI=1S/C8H9NO2/c1-5-4-7(10)9-6-2-3-11-8(5)6/h2-3,5H,4H2,1H3,(H,9,10)/t5-/m0/s1. The molecule has 2 heterocycles. The highest BCUT2D eigenvalue weighted by Crippen LogP contribution is 2.31. The van der Waals surface area contributed by atoms with Crippen molar-refractivity contribution in [2.24, 2.45) is 0 Å². The summed E-state index contributed by atoms with van der Waals surface area (Å²) in [6, 6.07) is 1.78. The molecule has 0 aliphatic carbocycles. The lowest BCUT2D eigenvalue weighted by Gasteiger charge is -2.16. The van der Waals surface area contributed by atoms with E-state index in [1.54, 1.807) is 12.3 Å². The van der Waals surface area contributed by atoms with E-state index in [9.17, 15) is 4.79 Å². The van der Waals surface area contributed by atoms with Crippen LogP contribution in [0.1, 0.15) is 25.0 Å². The smallest absolute Gasteiger partial charge is 0.225 e. The predicted octanol–water partition coefficient (Wildman–Crippen LogP) is 1.73. The molecule has 1 aromatic rings. The molecule has 1 aliphatic heterocycles. The third-order valence-electron chi connectivity index (χ3n) is 1.91. The van der Waals surface area contributed by atoms with Gasteiger partial charge in [0, 0.05) is 18.4 Å². The quantitative estimate of drug-likeness (QED) is 0.613. The van der Waals surface area contributed by atoms with Gasteiger partial charge in [-0.3, -0.25) is 4.79 Å². The van der Waals surface area contributed by atoms with Crippen molar-refractivity contribution in [3.63, 3.8) is 0 Å². The second kappa shape index (κ2) is 2.12. The van der Waals surface area contributed by atoms with Gasteiger partial charge in [0.15, 0.2) is 0 Å². The third-order valence-corrected chi connectivity index (χ3v) is 1.91. The Morgan fingerprint density at radius 3 is 3.36 bits per heavy atom. The summed E-state index contributed by atoms with van der Waals surface area (Å²) in [7, 11) is 0. The number of anilines is 1. The van der Waals surface area contributed by atoms with Gasteiger partial charge < -0.3 is 9.73 Å². The van der Waals surface area contributed by atoms with E-state index in [0.29, 0.717) is 6.42 Å². The number of hydrogen-bond acceptors (Lipinski definition) is 2. The van der Waals surface area contributed by atoms with Crippen LogP contribution in [0.25, 0.3) is 0 Å². The minimum atomic E-state index is 0.0754. The Balaban J connectivity index is 2.43. The van der Waals surface area contributed by atoms with Gasteiger partial charge in [0.1, 0.15) is 5.76 Å². The maximum absolute atomic E-state index is 11.0. The van der Waals surface area contributed by atoms with Crippen molar-refractivity contribution in [1.82, 2.24) is 0 Å². The topological polar surface area (TPSA) is 42.2 Å². The molecule has 0 spiro atoms. The summed E-state index contributed by atoms with van der Waals surface area (Å²) < 4.78 is 5.20. The van der Waals surface area contributed by atoms with E-state index in [2.05, 4.69) is 5.32 Å². The Morgan fingerprint density at radius 1 is 1.73 bits per heavy atom. The molecule has 2 rings (SSSR count). The number of carbonyl (C=O) groups is 1. The molecular weight excluding hydrogens is 142 g/mol. The molecule has 0 unspecified atom stereocenters. The number of hydrogen-bond donors (Lipinski definition) is 1. The molecule has 11 heavy (non-hydrogen) atoms. The lowest BCUT2D eigenvalue weighted by molar-refractivity contribution is -0.116. The van der Waals surface area contributed by atoms with Gasteiger partial charge in [-0.25, -0.2) is 0 Å². The van der Waals surface area contributed by atoms with Crippen LogP contribution in [0.15, 0.2) is 16.7 Å². The monoisotopic (exact) mass is 151 g/mol. The lowest BCUT2D eigenvalue weighted by atomic mass is 10.0. The first kappa shape index (κ1) is 6.46. The van der Waals surface area contributed by atoms with Gasteiger partial charge in [0.25, 0.3) is 0 Å². The molecule has 3 nitrogen and oxygen atoms in total. The average Bonchev–Trinajstić information content (AvgIpc) is 2.34. The van der Waals surface area contributed by atoms with Crippen molar-refractivity contribution in [3.05, 3.63) is 18.1 Å². The van der Waals surface area contributed by atoms with Crippen LogP contribution in [-0.2, 0) is 4.79 Å². The van der Waals surface area contributed by atoms with Crippen molar-refractivity contribution in [2.75, 3.05) is 5.32 Å². The van der Waals surface area contributed by atoms with Crippen LogP contribution in [-0.4, -0.2) is 5.91 Å². The van der Waals surface area contributed by atoms with E-state index in [1.807, 2.05) is 6.92 Å². The van der Waals surface area contributed by atoms with Crippen molar-refractivity contribution in [1.29, 1.82) is 0 Å². The molecule has 0 saturated heterocycles. The van der Waals surface area contributed by atoms with Crippen LogP contribution >= 0.6 is 0 Å². The molecule has 1 aliphatic rings. The zero-order chi connectivity index (χ0) is 7.84. The summed E-state index contributed by atoms with van der Waals surface area (Å²) in [4.78, 5) is 11.0. The van der Waals surface area contributed by atoms with Crippen molar-refractivity contribution in [3.8, 4) is 0 Å². The van der Waals surface area contributed by atoms with Crippen LogP contribution in [0, 0.1) is 0 Å². The van der Waals surface area contributed by atoms with E-state index < -0.39 is 0 Å². The van der Waals surface area contributed by atoms with Crippen LogP contribution < -0.4 is 5.32 Å². The van der Waals surface area contributed by atoms with Gasteiger partial charge in [0.2, 0.25) is 5.91 Å². The summed E-state index contributed by atoms with van der Waals surface area (Å²) in [6.45, 7) is 1.99. The van der Waals surface area contributed by atoms with Crippen LogP contribution in [0.5, 0.6) is 0 Å². The highest BCUT2D eigenvalue weighted by atomic mass is 16.3. The fourth-order valence-electron chi connectivity index (χ4n) is 1.38. The fraction of sp³-hybridized carbons (Fsp3) is 0.375. The van der Waals surface area contributed by atoms with Gasteiger partial charge in [-0.2, -0.15) is 0 Å². The van der Waals surface area contributed by atoms with Crippen molar-refractivity contribution in [2.45, 2.75) is 19.3 Å². The van der Waals surface area contributed by atoms with E-state index in [4.69, 9.17) is 4.42 Å². The average molecular weight is 151 g/mol. The molecule has 0 radical (unpaired) electrons. The maximum Gasteiger partial charge on any atom is 0.225 e. The molecule has 1 atom stereocenters. The largest absolute Gasteiger partial charge is 0.467 e. The van der Waals surface area contributed by atoms with E-state index in [-0.39, 0.29) is 11.8 Å². The highest BCUT2D eigenvalue weighted by molar-refractivity contribution is 5.94. The van der Waals surface area contributed by atoms with Crippen molar-refractivity contribution >= 4 is 11.6 Å². The Morgan fingerprint density at radius 2 is 2.55 bits per heavy atom. The summed E-state index contributed by atoms with van der Waals surface area (Å²) in [5, 5.41) is 2.74. The second-order valence-electron chi connectivity index (χ2n) is 2.85. The Labute approximate surface area is 64.4 Å². The predicted molar refractivity (Wildman–Crippen MR) is 40.4 cm³/mol. The number of amides is 1. The van der Waals surface area contributed by atoms with Gasteiger partial charge in [-0.1, -0.05) is 6.92 Å². The van der Waals surface area contributed by atoms with Gasteiger partial charge in [0.05, 0.1) is 12.0 Å². The molecule has 1 amide bonds. The zero-order valence-corrected chi connectivity index (χ0v) is 6.26. The number of furan rings is 1. The second-order valence-corrected chi connectivity index (χ2v) is 2.85. The fourth-order valence-corrected chi connectivity index (χ4v) is 1.38. The first-order valence-corrected chi connectivity index (χ1v) is 3.64. The van der Waals surface area contributed by atoms with Gasteiger partial charge >= 0.3 is 0 Å². The van der Waals surface area contributed by atoms with E-state index >= 15 is 0 Å². The molecule has 0 saturated carbocycles.